The molecule has 1 aliphatic carbocycles. The van der Waals surface area contributed by atoms with Gasteiger partial charge in [-0.25, -0.2) is 0 Å². The van der Waals surface area contributed by atoms with Gasteiger partial charge in [0.1, 0.15) is 0 Å². The van der Waals surface area contributed by atoms with E-state index in [0.717, 1.165) is 19.3 Å². The van der Waals surface area contributed by atoms with Crippen molar-refractivity contribution in [1.29, 1.82) is 0 Å². The van der Waals surface area contributed by atoms with Crippen molar-refractivity contribution in [2.45, 2.75) is 48.2 Å². The number of rotatable bonds is 1. The molecule has 0 amide bonds. The first kappa shape index (κ1) is 11.1. The minimum absolute atomic E-state index is 0.518. The Kier molecular flexibility index (Phi) is 2.40. The zero-order chi connectivity index (χ0) is 12.2. The van der Waals surface area contributed by atoms with E-state index in [9.17, 15) is 5.11 Å². The van der Waals surface area contributed by atoms with Crippen LogP contribution < -0.4 is 0 Å². The molecule has 0 saturated carbocycles. The fraction of sp³-hybridized carbons (Fsp3) is 0.500. The third kappa shape index (κ3) is 1.66. The van der Waals surface area contributed by atoms with Crippen molar-refractivity contribution in [3.05, 3.63) is 41.0 Å². The molecule has 2 fully saturated rings. The smallest absolute Gasteiger partial charge is 0.0884 e. The van der Waals surface area contributed by atoms with Gasteiger partial charge in [0.25, 0.3) is 0 Å². The summed E-state index contributed by atoms with van der Waals surface area (Å²) >= 11 is 2.11. The molecule has 2 bridgehead atoms. The van der Waals surface area contributed by atoms with E-state index in [1.807, 2.05) is 0 Å². The summed E-state index contributed by atoms with van der Waals surface area (Å²) in [5.41, 5.74) is 3.44. The van der Waals surface area contributed by atoms with Crippen LogP contribution in [0.4, 0.5) is 0 Å². The minimum atomic E-state index is -0.518. The quantitative estimate of drug-likeness (QED) is 0.833. The van der Waals surface area contributed by atoms with E-state index in [1.54, 1.807) is 0 Å². The Hall–Kier alpha value is -0.730. The SMILES string of the molecule is OC1(C2=Cc3ccccc3C2)CC2CCC(C1)S2. The Balaban J connectivity index is 1.65. The Morgan fingerprint density at radius 3 is 2.56 bits per heavy atom. The van der Waals surface area contributed by atoms with Gasteiger partial charge in [0, 0.05) is 10.5 Å². The molecule has 0 aromatic heterocycles. The van der Waals surface area contributed by atoms with E-state index in [4.69, 9.17) is 0 Å². The van der Waals surface area contributed by atoms with Crippen LogP contribution in [0.2, 0.25) is 0 Å². The lowest BCUT2D eigenvalue weighted by Crippen LogP contribution is -2.39. The van der Waals surface area contributed by atoms with Crippen LogP contribution in [0.25, 0.3) is 6.08 Å². The number of hydrogen-bond donors (Lipinski definition) is 1. The fourth-order valence-corrected chi connectivity index (χ4v) is 5.59. The van der Waals surface area contributed by atoms with Crippen LogP contribution in [-0.4, -0.2) is 21.2 Å². The van der Waals surface area contributed by atoms with Gasteiger partial charge in [0.15, 0.2) is 0 Å². The normalized spacial score (nSPS) is 37.5. The molecule has 2 atom stereocenters. The van der Waals surface area contributed by atoms with Crippen LogP contribution >= 0.6 is 11.8 Å². The first-order chi connectivity index (χ1) is 8.73. The average molecular weight is 258 g/mol. The fourth-order valence-electron chi connectivity index (χ4n) is 3.76. The van der Waals surface area contributed by atoms with Crippen LogP contribution in [0.5, 0.6) is 0 Å². The van der Waals surface area contributed by atoms with Crippen molar-refractivity contribution in [2.75, 3.05) is 0 Å². The lowest BCUT2D eigenvalue weighted by molar-refractivity contribution is 0.0604. The van der Waals surface area contributed by atoms with Gasteiger partial charge >= 0.3 is 0 Å². The number of fused-ring (bicyclic) bond motifs is 3. The molecular formula is C16H18OS. The number of aliphatic hydroxyl groups is 1. The Labute approximate surface area is 112 Å². The summed E-state index contributed by atoms with van der Waals surface area (Å²) < 4.78 is 0. The number of benzene rings is 1. The zero-order valence-corrected chi connectivity index (χ0v) is 11.2. The van der Waals surface area contributed by atoms with Crippen molar-refractivity contribution in [1.82, 2.24) is 0 Å². The third-order valence-electron chi connectivity index (χ3n) is 4.69. The molecule has 1 nitrogen and oxygen atoms in total. The monoisotopic (exact) mass is 258 g/mol. The van der Waals surface area contributed by atoms with Gasteiger partial charge < -0.3 is 5.11 Å². The van der Waals surface area contributed by atoms with Gasteiger partial charge in [-0.15, -0.1) is 0 Å². The molecule has 1 N–H and O–H groups in total. The van der Waals surface area contributed by atoms with E-state index in [1.165, 1.54) is 29.5 Å². The minimum Gasteiger partial charge on any atom is -0.385 e. The van der Waals surface area contributed by atoms with E-state index in [0.29, 0.717) is 10.5 Å². The number of hydrogen-bond acceptors (Lipinski definition) is 2. The van der Waals surface area contributed by atoms with Crippen molar-refractivity contribution in [3.8, 4) is 0 Å². The van der Waals surface area contributed by atoms with Crippen molar-refractivity contribution in [3.63, 3.8) is 0 Å². The van der Waals surface area contributed by atoms with Crippen LogP contribution in [0.1, 0.15) is 36.8 Å². The molecule has 3 aliphatic rings. The molecular weight excluding hydrogens is 240 g/mol. The van der Waals surface area contributed by atoms with E-state index < -0.39 is 5.60 Å². The molecule has 0 spiro atoms. The highest BCUT2D eigenvalue weighted by Gasteiger charge is 2.45. The van der Waals surface area contributed by atoms with Crippen LogP contribution in [-0.2, 0) is 6.42 Å². The summed E-state index contributed by atoms with van der Waals surface area (Å²) in [4.78, 5) is 0. The van der Waals surface area contributed by atoms with Gasteiger partial charge in [-0.3, -0.25) is 0 Å². The topological polar surface area (TPSA) is 20.2 Å². The second kappa shape index (κ2) is 3.88. The van der Waals surface area contributed by atoms with Crippen molar-refractivity contribution in [2.24, 2.45) is 0 Å². The largest absolute Gasteiger partial charge is 0.385 e. The predicted octanol–water partition coefficient (Wildman–Crippen LogP) is 3.42. The summed E-state index contributed by atoms with van der Waals surface area (Å²) in [6, 6.07) is 8.54. The van der Waals surface area contributed by atoms with E-state index >= 15 is 0 Å². The third-order valence-corrected chi connectivity index (χ3v) is 6.26. The molecule has 94 valence electrons. The van der Waals surface area contributed by atoms with E-state index in [-0.39, 0.29) is 0 Å². The summed E-state index contributed by atoms with van der Waals surface area (Å²) in [7, 11) is 0. The Morgan fingerprint density at radius 1 is 1.11 bits per heavy atom. The molecule has 1 aromatic rings. The van der Waals surface area contributed by atoms with Crippen LogP contribution in [0.3, 0.4) is 0 Å². The first-order valence-corrected chi connectivity index (χ1v) is 7.84. The van der Waals surface area contributed by atoms with Gasteiger partial charge in [-0.2, -0.15) is 11.8 Å². The second-order valence-corrected chi connectivity index (χ2v) is 7.55. The highest BCUT2D eigenvalue weighted by atomic mass is 32.2. The lowest BCUT2D eigenvalue weighted by Gasteiger charge is -2.37. The van der Waals surface area contributed by atoms with Crippen LogP contribution in [0, 0.1) is 0 Å². The molecule has 4 rings (SSSR count). The summed E-state index contributed by atoms with van der Waals surface area (Å²) in [6.07, 6.45) is 7.74. The number of thioether (sulfide) groups is 1. The molecule has 2 heteroatoms. The molecule has 2 heterocycles. The molecule has 0 radical (unpaired) electrons. The molecule has 2 saturated heterocycles. The molecule has 2 unspecified atom stereocenters. The lowest BCUT2D eigenvalue weighted by atomic mass is 9.84. The summed E-state index contributed by atoms with van der Waals surface area (Å²) in [5, 5.41) is 12.4. The van der Waals surface area contributed by atoms with Gasteiger partial charge in [0.05, 0.1) is 5.60 Å². The molecule has 18 heavy (non-hydrogen) atoms. The second-order valence-electron chi connectivity index (χ2n) is 5.94. The summed E-state index contributed by atoms with van der Waals surface area (Å²) in [6.45, 7) is 0. The van der Waals surface area contributed by atoms with Crippen molar-refractivity contribution >= 4 is 17.8 Å². The highest BCUT2D eigenvalue weighted by Crippen LogP contribution is 2.51. The zero-order valence-electron chi connectivity index (χ0n) is 10.4. The van der Waals surface area contributed by atoms with Gasteiger partial charge in [0.2, 0.25) is 0 Å². The predicted molar refractivity (Wildman–Crippen MR) is 76.7 cm³/mol. The maximum Gasteiger partial charge on any atom is 0.0884 e. The van der Waals surface area contributed by atoms with Crippen molar-refractivity contribution < 1.29 is 5.11 Å². The van der Waals surface area contributed by atoms with Crippen LogP contribution in [0.15, 0.2) is 29.8 Å². The van der Waals surface area contributed by atoms with E-state index in [2.05, 4.69) is 42.1 Å². The average Bonchev–Trinajstić information content (AvgIpc) is 2.93. The standard InChI is InChI=1S/C16H18OS/c17-16(9-14-5-6-15(10-16)18-14)13-7-11-3-1-2-4-12(11)8-13/h1-4,7,14-15,17H,5-6,8-10H2. The first-order valence-electron chi connectivity index (χ1n) is 6.90. The Bertz CT molecular complexity index is 508. The molecule has 2 aliphatic heterocycles. The maximum atomic E-state index is 11.0. The highest BCUT2D eigenvalue weighted by molar-refractivity contribution is 8.00. The van der Waals surface area contributed by atoms with Gasteiger partial charge in [-0.1, -0.05) is 30.3 Å². The maximum absolute atomic E-state index is 11.0. The Morgan fingerprint density at radius 2 is 1.83 bits per heavy atom. The summed E-state index contributed by atoms with van der Waals surface area (Å²) in [5.74, 6) is 0. The molecule has 1 aromatic carbocycles. The van der Waals surface area contributed by atoms with Gasteiger partial charge in [-0.05, 0) is 48.8 Å².